The van der Waals surface area contributed by atoms with Gasteiger partial charge < -0.3 is 11.1 Å². The molecule has 16 heavy (non-hydrogen) atoms. The Labute approximate surface area is 95.0 Å². The van der Waals surface area contributed by atoms with E-state index in [0.717, 1.165) is 18.5 Å². The van der Waals surface area contributed by atoms with E-state index in [-0.39, 0.29) is 11.8 Å². The zero-order valence-corrected chi connectivity index (χ0v) is 8.99. The van der Waals surface area contributed by atoms with Crippen LogP contribution in [-0.2, 0) is 4.79 Å². The molecule has 1 saturated heterocycles. The number of piperidine rings is 1. The molecule has 0 radical (unpaired) electrons. The van der Waals surface area contributed by atoms with E-state index in [1.54, 1.807) is 0 Å². The molecule has 0 aliphatic carbocycles. The van der Waals surface area contributed by atoms with Crippen LogP contribution in [-0.4, -0.2) is 12.5 Å². The largest absolute Gasteiger partial charge is 0.398 e. The number of benzene rings is 1. The smallest absolute Gasteiger partial charge is 0.220 e. The lowest BCUT2D eigenvalue weighted by Gasteiger charge is -2.22. The van der Waals surface area contributed by atoms with Gasteiger partial charge in [-0.3, -0.25) is 4.79 Å². The highest BCUT2D eigenvalue weighted by Crippen LogP contribution is 2.27. The number of anilines is 1. The fourth-order valence-corrected chi connectivity index (χ4v) is 2.02. The zero-order chi connectivity index (χ0) is 11.5. The predicted octanol–water partition coefficient (Wildman–Crippen LogP) is 1.24. The molecule has 1 aromatic carbocycles. The second kappa shape index (κ2) is 4.28. The van der Waals surface area contributed by atoms with Gasteiger partial charge >= 0.3 is 0 Å². The fraction of sp³-hybridized carbons (Fsp3) is 0.308. The summed E-state index contributed by atoms with van der Waals surface area (Å²) < 4.78 is 0. The molecule has 0 bridgehead atoms. The summed E-state index contributed by atoms with van der Waals surface area (Å²) in [6, 6.07) is 5.69. The van der Waals surface area contributed by atoms with Crippen LogP contribution in [0.25, 0.3) is 0 Å². The number of amides is 1. The topological polar surface area (TPSA) is 55.1 Å². The third-order valence-electron chi connectivity index (χ3n) is 2.95. The quantitative estimate of drug-likeness (QED) is 0.546. The Morgan fingerprint density at radius 3 is 3.00 bits per heavy atom. The molecule has 82 valence electrons. The molecule has 3 nitrogen and oxygen atoms in total. The lowest BCUT2D eigenvalue weighted by Crippen LogP contribution is -2.32. The van der Waals surface area contributed by atoms with Crippen molar-refractivity contribution in [3.05, 3.63) is 29.3 Å². The average Bonchev–Trinajstić information content (AvgIpc) is 2.29. The molecule has 0 aromatic heterocycles. The van der Waals surface area contributed by atoms with Gasteiger partial charge in [0.1, 0.15) is 0 Å². The Kier molecular flexibility index (Phi) is 2.82. The summed E-state index contributed by atoms with van der Waals surface area (Å²) in [4.78, 5) is 11.3. The minimum atomic E-state index is 0.107. The highest BCUT2D eigenvalue weighted by molar-refractivity contribution is 5.77. The summed E-state index contributed by atoms with van der Waals surface area (Å²) in [7, 11) is 0. The second-order valence-corrected chi connectivity index (χ2v) is 4.03. The highest BCUT2D eigenvalue weighted by atomic mass is 16.1. The third-order valence-corrected chi connectivity index (χ3v) is 2.95. The SMILES string of the molecule is C#Cc1cc([C@@H]2CCNC(=O)C2)ccc1N. The maximum Gasteiger partial charge on any atom is 0.220 e. The molecule has 0 spiro atoms. The minimum absolute atomic E-state index is 0.107. The molecular weight excluding hydrogens is 200 g/mol. The molecule has 0 saturated carbocycles. The standard InChI is InChI=1S/C13H14N2O/c1-2-9-7-10(3-4-12(9)14)11-5-6-15-13(16)8-11/h1,3-4,7,11H,5-6,8,14H2,(H,15,16)/t11-/m1/s1. The Balaban J connectivity index is 2.27. The van der Waals surface area contributed by atoms with Gasteiger partial charge in [0.2, 0.25) is 5.91 Å². The molecule has 1 atom stereocenters. The van der Waals surface area contributed by atoms with Crippen LogP contribution in [0.3, 0.4) is 0 Å². The van der Waals surface area contributed by atoms with Gasteiger partial charge in [0.15, 0.2) is 0 Å². The molecule has 1 heterocycles. The van der Waals surface area contributed by atoms with Crippen molar-refractivity contribution in [2.24, 2.45) is 0 Å². The second-order valence-electron chi connectivity index (χ2n) is 4.03. The predicted molar refractivity (Wildman–Crippen MR) is 63.8 cm³/mol. The van der Waals surface area contributed by atoms with Crippen LogP contribution in [0, 0.1) is 12.3 Å². The van der Waals surface area contributed by atoms with Crippen molar-refractivity contribution >= 4 is 11.6 Å². The van der Waals surface area contributed by atoms with E-state index >= 15 is 0 Å². The van der Waals surface area contributed by atoms with Crippen LogP contribution < -0.4 is 11.1 Å². The van der Waals surface area contributed by atoms with E-state index in [1.165, 1.54) is 0 Å². The number of carbonyl (C=O) groups excluding carboxylic acids is 1. The van der Waals surface area contributed by atoms with Gasteiger partial charge in [-0.1, -0.05) is 12.0 Å². The Morgan fingerprint density at radius 2 is 2.31 bits per heavy atom. The first-order valence-corrected chi connectivity index (χ1v) is 5.33. The molecule has 1 aliphatic heterocycles. The molecule has 0 unspecified atom stereocenters. The molecule has 2 rings (SSSR count). The number of rotatable bonds is 1. The van der Waals surface area contributed by atoms with Gasteiger partial charge in [-0.2, -0.15) is 0 Å². The van der Waals surface area contributed by atoms with Crippen molar-refractivity contribution < 1.29 is 4.79 Å². The van der Waals surface area contributed by atoms with Crippen molar-refractivity contribution in [1.82, 2.24) is 5.32 Å². The van der Waals surface area contributed by atoms with E-state index in [1.807, 2.05) is 18.2 Å². The number of terminal acetylenes is 1. The van der Waals surface area contributed by atoms with Gasteiger partial charge in [0.05, 0.1) is 0 Å². The molecule has 1 fully saturated rings. The van der Waals surface area contributed by atoms with Crippen molar-refractivity contribution in [2.75, 3.05) is 12.3 Å². The number of nitrogen functional groups attached to an aromatic ring is 1. The molecule has 1 amide bonds. The van der Waals surface area contributed by atoms with E-state index < -0.39 is 0 Å². The Morgan fingerprint density at radius 1 is 1.50 bits per heavy atom. The molecule has 1 aromatic rings. The van der Waals surface area contributed by atoms with Gasteiger partial charge in [-0.25, -0.2) is 0 Å². The third kappa shape index (κ3) is 2.01. The number of carbonyl (C=O) groups is 1. The number of hydrogen-bond donors (Lipinski definition) is 2. The number of nitrogens with one attached hydrogen (secondary N) is 1. The number of hydrogen-bond acceptors (Lipinski definition) is 2. The average molecular weight is 214 g/mol. The van der Waals surface area contributed by atoms with E-state index in [2.05, 4.69) is 11.2 Å². The van der Waals surface area contributed by atoms with E-state index in [9.17, 15) is 4.79 Å². The maximum absolute atomic E-state index is 11.3. The van der Waals surface area contributed by atoms with Crippen LogP contribution in [0.4, 0.5) is 5.69 Å². The van der Waals surface area contributed by atoms with Crippen LogP contribution in [0.2, 0.25) is 0 Å². The first-order valence-electron chi connectivity index (χ1n) is 5.33. The normalized spacial score (nSPS) is 19.9. The van der Waals surface area contributed by atoms with Gasteiger partial charge in [0.25, 0.3) is 0 Å². The van der Waals surface area contributed by atoms with Crippen molar-refractivity contribution in [3.63, 3.8) is 0 Å². The number of nitrogens with two attached hydrogens (primary N) is 1. The van der Waals surface area contributed by atoms with Crippen LogP contribution in [0.1, 0.15) is 29.9 Å². The highest BCUT2D eigenvalue weighted by Gasteiger charge is 2.20. The first-order chi connectivity index (χ1) is 7.70. The van der Waals surface area contributed by atoms with Gasteiger partial charge in [-0.05, 0) is 30.0 Å². The van der Waals surface area contributed by atoms with Crippen molar-refractivity contribution in [2.45, 2.75) is 18.8 Å². The Hall–Kier alpha value is -1.95. The van der Waals surface area contributed by atoms with E-state index in [4.69, 9.17) is 12.2 Å². The van der Waals surface area contributed by atoms with Crippen LogP contribution in [0.5, 0.6) is 0 Å². The summed E-state index contributed by atoms with van der Waals surface area (Å²) in [6.45, 7) is 0.735. The van der Waals surface area contributed by atoms with Crippen molar-refractivity contribution in [1.29, 1.82) is 0 Å². The summed E-state index contributed by atoms with van der Waals surface area (Å²) in [5, 5.41) is 2.82. The summed E-state index contributed by atoms with van der Waals surface area (Å²) in [6.07, 6.45) is 6.86. The minimum Gasteiger partial charge on any atom is -0.398 e. The lowest BCUT2D eigenvalue weighted by atomic mass is 9.89. The molecule has 3 heteroatoms. The van der Waals surface area contributed by atoms with Crippen LogP contribution >= 0.6 is 0 Å². The Bertz CT molecular complexity index is 459. The van der Waals surface area contributed by atoms with Crippen molar-refractivity contribution in [3.8, 4) is 12.3 Å². The lowest BCUT2D eigenvalue weighted by molar-refractivity contribution is -0.122. The zero-order valence-electron chi connectivity index (χ0n) is 8.99. The molecular formula is C13H14N2O. The van der Waals surface area contributed by atoms with E-state index in [0.29, 0.717) is 17.7 Å². The maximum atomic E-state index is 11.3. The van der Waals surface area contributed by atoms with Crippen LogP contribution in [0.15, 0.2) is 18.2 Å². The molecule has 3 N–H and O–H groups in total. The summed E-state index contributed by atoms with van der Waals surface area (Å²) in [5.74, 6) is 2.93. The van der Waals surface area contributed by atoms with Gasteiger partial charge in [0, 0.05) is 24.2 Å². The fourth-order valence-electron chi connectivity index (χ4n) is 2.02. The van der Waals surface area contributed by atoms with Gasteiger partial charge in [-0.15, -0.1) is 6.42 Å². The first kappa shape index (κ1) is 10.6. The molecule has 1 aliphatic rings. The summed E-state index contributed by atoms with van der Waals surface area (Å²) >= 11 is 0. The monoisotopic (exact) mass is 214 g/mol. The summed E-state index contributed by atoms with van der Waals surface area (Å²) in [5.41, 5.74) is 8.17.